The summed E-state index contributed by atoms with van der Waals surface area (Å²) in [6, 6.07) is 30.9. The Morgan fingerprint density at radius 1 is 0.783 bits per heavy atom. The lowest BCUT2D eigenvalue weighted by Gasteiger charge is -2.22. The van der Waals surface area contributed by atoms with Gasteiger partial charge in [0.1, 0.15) is 0 Å². The number of hydrogen-bond donors (Lipinski definition) is 0. The van der Waals surface area contributed by atoms with Gasteiger partial charge in [-0.15, -0.1) is 11.3 Å². The second-order valence-corrected chi connectivity index (χ2v) is 13.2. The largest absolute Gasteiger partial charge is 0.309 e. The van der Waals surface area contributed by atoms with Crippen LogP contribution in [0.2, 0.25) is 0 Å². The van der Waals surface area contributed by atoms with Crippen LogP contribution in [-0.2, 0) is 0 Å². The van der Waals surface area contributed by atoms with Crippen LogP contribution in [0.5, 0.6) is 0 Å². The molecule has 4 aromatic carbocycles. The molecule has 230 valence electrons. The van der Waals surface area contributed by atoms with Crippen molar-refractivity contribution in [2.75, 3.05) is 0 Å². The number of rotatable bonds is 5. The lowest BCUT2D eigenvalue weighted by atomic mass is 9.83. The molecule has 0 saturated carbocycles. The Balaban J connectivity index is 0.000000179. The summed E-state index contributed by atoms with van der Waals surface area (Å²) >= 11 is 1.86. The van der Waals surface area contributed by atoms with E-state index in [9.17, 15) is 0 Å². The first-order valence-electron chi connectivity index (χ1n) is 16.4. The fourth-order valence-electron chi connectivity index (χ4n) is 6.97. The normalized spacial score (nSPS) is 16.8. The van der Waals surface area contributed by atoms with Crippen LogP contribution >= 0.6 is 11.3 Å². The molecule has 1 unspecified atom stereocenters. The van der Waals surface area contributed by atoms with Crippen LogP contribution in [-0.4, -0.2) is 4.57 Å². The maximum absolute atomic E-state index is 4.08. The van der Waals surface area contributed by atoms with E-state index in [0.717, 1.165) is 6.42 Å². The summed E-state index contributed by atoms with van der Waals surface area (Å²) in [4.78, 5) is 0. The maximum Gasteiger partial charge on any atom is 0.0541 e. The lowest BCUT2D eigenvalue weighted by Crippen LogP contribution is -2.03. The van der Waals surface area contributed by atoms with Crippen LogP contribution in [0, 0.1) is 6.92 Å². The maximum atomic E-state index is 4.08. The minimum absolute atomic E-state index is 0.642. The van der Waals surface area contributed by atoms with Gasteiger partial charge in [0.15, 0.2) is 0 Å². The third-order valence-electron chi connectivity index (χ3n) is 9.13. The van der Waals surface area contributed by atoms with Crippen LogP contribution in [0.4, 0.5) is 0 Å². The number of aryl methyl sites for hydroxylation is 1. The van der Waals surface area contributed by atoms with Crippen molar-refractivity contribution in [2.24, 2.45) is 0 Å². The van der Waals surface area contributed by atoms with Crippen molar-refractivity contribution in [3.63, 3.8) is 0 Å². The van der Waals surface area contributed by atoms with Crippen molar-refractivity contribution in [1.82, 2.24) is 4.57 Å². The van der Waals surface area contributed by atoms with Gasteiger partial charge in [-0.3, -0.25) is 0 Å². The highest BCUT2D eigenvalue weighted by molar-refractivity contribution is 7.25. The second kappa shape index (κ2) is 13.8. The average molecular weight is 618 g/mol. The van der Waals surface area contributed by atoms with Gasteiger partial charge >= 0.3 is 0 Å². The van der Waals surface area contributed by atoms with Crippen molar-refractivity contribution in [2.45, 2.75) is 52.9 Å². The van der Waals surface area contributed by atoms with Crippen molar-refractivity contribution < 1.29 is 0 Å². The average Bonchev–Trinajstić information content (AvgIpc) is 3.59. The molecule has 1 nitrogen and oxygen atoms in total. The lowest BCUT2D eigenvalue weighted by molar-refractivity contribution is 0.629. The van der Waals surface area contributed by atoms with Gasteiger partial charge < -0.3 is 4.57 Å². The molecule has 0 fully saturated rings. The van der Waals surface area contributed by atoms with E-state index < -0.39 is 0 Å². The minimum atomic E-state index is 0.642. The fraction of sp³-hybridized carbons (Fsp3) is 0.182. The molecule has 7 rings (SSSR count). The highest BCUT2D eigenvalue weighted by atomic mass is 32.1. The summed E-state index contributed by atoms with van der Waals surface area (Å²) in [5, 5.41) is 3.90. The Hall–Kier alpha value is -4.66. The number of aromatic nitrogens is 1. The molecule has 0 radical (unpaired) electrons. The van der Waals surface area contributed by atoms with Crippen molar-refractivity contribution in [3.05, 3.63) is 156 Å². The zero-order valence-corrected chi connectivity index (χ0v) is 28.3. The highest BCUT2D eigenvalue weighted by Crippen LogP contribution is 2.38. The molecule has 0 N–H and O–H groups in total. The van der Waals surface area contributed by atoms with Crippen LogP contribution < -0.4 is 0 Å². The number of nitrogens with zero attached hydrogens (tertiary/aromatic N) is 1. The molecule has 0 saturated heterocycles. The first-order valence-corrected chi connectivity index (χ1v) is 17.2. The van der Waals surface area contributed by atoms with E-state index >= 15 is 0 Å². The summed E-state index contributed by atoms with van der Waals surface area (Å²) in [6.45, 7) is 16.7. The van der Waals surface area contributed by atoms with Gasteiger partial charge in [-0.2, -0.15) is 0 Å². The van der Waals surface area contributed by atoms with Gasteiger partial charge in [0, 0.05) is 36.8 Å². The third kappa shape index (κ3) is 5.86. The SMILES string of the molecule is C=C/C1=C(\C=C/C)CCCC(C)c2ccccc21.C=Cc1c(/C=C\C)n(-c2ccc3sc4ccc(C)cc4c3c2)c2ccccc12. The standard InChI is InChI=1S/C26H21NS.C18H22/c1-4-8-23-19(5-2)20-9-6-7-10-24(20)27(23)18-12-14-26-22(16-18)21-15-17(3)11-13-25(21)28-26;1-4-9-15-11-8-10-14(3)17-12-6-7-13-18(17)16(15)5-2/h4-16H,2H2,1,3H3;4-7,9,12-14H,2,8,10-11H2,1,3H3/b8-4-;9-4-,16-15-. The molecular formula is C44H43NS. The topological polar surface area (TPSA) is 4.93 Å². The highest BCUT2D eigenvalue weighted by Gasteiger charge is 2.18. The Morgan fingerprint density at radius 2 is 1.50 bits per heavy atom. The zero-order valence-electron chi connectivity index (χ0n) is 27.5. The summed E-state index contributed by atoms with van der Waals surface area (Å²) in [7, 11) is 0. The number of fused-ring (bicyclic) bond motifs is 5. The number of thiophene rings is 1. The van der Waals surface area contributed by atoms with Crippen LogP contribution in [0.1, 0.15) is 73.9 Å². The molecule has 1 aliphatic carbocycles. The first kappa shape index (κ1) is 31.3. The zero-order chi connectivity index (χ0) is 32.2. The predicted octanol–water partition coefficient (Wildman–Crippen LogP) is 13.5. The molecular weight excluding hydrogens is 575 g/mol. The van der Waals surface area contributed by atoms with E-state index in [1.54, 1.807) is 0 Å². The molecule has 2 heterocycles. The van der Waals surface area contributed by atoms with Crippen molar-refractivity contribution >= 4 is 60.1 Å². The van der Waals surface area contributed by atoms with Gasteiger partial charge in [0.25, 0.3) is 0 Å². The predicted molar refractivity (Wildman–Crippen MR) is 206 cm³/mol. The molecule has 2 heteroatoms. The van der Waals surface area contributed by atoms with E-state index in [1.807, 2.05) is 23.5 Å². The number of allylic oxidation sites excluding steroid dienone is 6. The molecule has 46 heavy (non-hydrogen) atoms. The van der Waals surface area contributed by atoms with Crippen molar-refractivity contribution in [3.8, 4) is 5.69 Å². The summed E-state index contributed by atoms with van der Waals surface area (Å²) < 4.78 is 5.03. The molecule has 0 bridgehead atoms. The Bertz CT molecular complexity index is 2160. The van der Waals surface area contributed by atoms with E-state index in [4.69, 9.17) is 0 Å². The number of hydrogen-bond acceptors (Lipinski definition) is 1. The van der Waals surface area contributed by atoms with Crippen LogP contribution in [0.15, 0.2) is 128 Å². The van der Waals surface area contributed by atoms with E-state index in [1.165, 1.54) is 88.7 Å². The quantitative estimate of drug-likeness (QED) is 0.181. The summed E-state index contributed by atoms with van der Waals surface area (Å²) in [6.07, 6.45) is 16.3. The Labute approximate surface area is 278 Å². The molecule has 0 spiro atoms. The van der Waals surface area contributed by atoms with E-state index in [2.05, 4.69) is 155 Å². The fourth-order valence-corrected chi connectivity index (χ4v) is 8.03. The van der Waals surface area contributed by atoms with Crippen LogP contribution in [0.3, 0.4) is 0 Å². The van der Waals surface area contributed by atoms with E-state index in [0.29, 0.717) is 5.92 Å². The smallest absolute Gasteiger partial charge is 0.0541 e. The Kier molecular flexibility index (Phi) is 9.38. The molecule has 1 atom stereocenters. The summed E-state index contributed by atoms with van der Waals surface area (Å²) in [5.74, 6) is 0.642. The van der Waals surface area contributed by atoms with Gasteiger partial charge in [-0.25, -0.2) is 0 Å². The molecule has 1 aliphatic rings. The molecule has 2 aromatic heterocycles. The van der Waals surface area contributed by atoms with Gasteiger partial charge in [-0.05, 0) is 111 Å². The Morgan fingerprint density at radius 3 is 2.26 bits per heavy atom. The van der Waals surface area contributed by atoms with E-state index in [-0.39, 0.29) is 0 Å². The summed E-state index contributed by atoms with van der Waals surface area (Å²) in [5.41, 5.74) is 11.6. The molecule has 0 amide bonds. The second-order valence-electron chi connectivity index (χ2n) is 12.2. The first-order chi connectivity index (χ1) is 22.5. The number of para-hydroxylation sites is 1. The van der Waals surface area contributed by atoms with Crippen LogP contribution in [0.25, 0.3) is 54.5 Å². The monoisotopic (exact) mass is 617 g/mol. The minimum Gasteiger partial charge on any atom is -0.309 e. The van der Waals surface area contributed by atoms with Gasteiger partial charge in [0.2, 0.25) is 0 Å². The molecule has 0 aliphatic heterocycles. The number of benzene rings is 4. The van der Waals surface area contributed by atoms with Gasteiger partial charge in [-0.1, -0.05) is 105 Å². The third-order valence-corrected chi connectivity index (χ3v) is 10.3. The van der Waals surface area contributed by atoms with Gasteiger partial charge in [0.05, 0.1) is 11.2 Å². The molecule has 6 aromatic rings. The van der Waals surface area contributed by atoms with Crippen molar-refractivity contribution in [1.29, 1.82) is 0 Å².